The second-order valence-corrected chi connectivity index (χ2v) is 8.89. The molecule has 0 spiro atoms. The Morgan fingerprint density at radius 2 is 1.71 bits per heavy atom. The standard InChI is InChI=1S/C21H19N3O3S/c25-21-19-12-15(13-24(19)18-10-4-3-9-17(18)22-21)23-28(26,27)20-11-5-7-14-6-1-2-8-16(14)20/h1-11,15,19,23H,12-13H2,(H,22,25). The minimum atomic E-state index is -3.72. The summed E-state index contributed by atoms with van der Waals surface area (Å²) in [6, 6.07) is 19.6. The van der Waals surface area contributed by atoms with Gasteiger partial charge in [0.25, 0.3) is 0 Å². The first-order chi connectivity index (χ1) is 13.5. The zero-order valence-corrected chi connectivity index (χ0v) is 15.8. The second-order valence-electron chi connectivity index (χ2n) is 7.21. The summed E-state index contributed by atoms with van der Waals surface area (Å²) in [5.41, 5.74) is 1.69. The number of anilines is 2. The van der Waals surface area contributed by atoms with Gasteiger partial charge in [0.1, 0.15) is 6.04 Å². The van der Waals surface area contributed by atoms with Crippen LogP contribution in [0, 0.1) is 0 Å². The number of carbonyl (C=O) groups excluding carboxylic acids is 1. The lowest BCUT2D eigenvalue weighted by Gasteiger charge is -2.32. The normalized spacial score (nSPS) is 21.3. The smallest absolute Gasteiger partial charge is 0.247 e. The third kappa shape index (κ3) is 2.75. The SMILES string of the molecule is O=C1Nc2ccccc2N2CC(NS(=O)(=O)c3cccc4ccccc34)CC12. The Morgan fingerprint density at radius 3 is 2.61 bits per heavy atom. The van der Waals surface area contributed by atoms with Crippen LogP contribution in [-0.2, 0) is 14.8 Å². The van der Waals surface area contributed by atoms with Crippen molar-refractivity contribution in [1.82, 2.24) is 4.72 Å². The zero-order valence-electron chi connectivity index (χ0n) is 15.0. The van der Waals surface area contributed by atoms with E-state index in [-0.39, 0.29) is 22.9 Å². The van der Waals surface area contributed by atoms with Crippen molar-refractivity contribution in [3.8, 4) is 0 Å². The molecule has 0 aromatic heterocycles. The highest BCUT2D eigenvalue weighted by Gasteiger charge is 2.42. The van der Waals surface area contributed by atoms with Gasteiger partial charge >= 0.3 is 0 Å². The van der Waals surface area contributed by atoms with Crippen molar-refractivity contribution >= 4 is 38.1 Å². The summed E-state index contributed by atoms with van der Waals surface area (Å²) >= 11 is 0. The van der Waals surface area contributed by atoms with Gasteiger partial charge in [-0.3, -0.25) is 4.79 Å². The van der Waals surface area contributed by atoms with Gasteiger partial charge < -0.3 is 10.2 Å². The summed E-state index contributed by atoms with van der Waals surface area (Å²) in [5, 5.41) is 4.48. The molecule has 1 amide bonds. The van der Waals surface area contributed by atoms with Crippen molar-refractivity contribution in [1.29, 1.82) is 0 Å². The van der Waals surface area contributed by atoms with Gasteiger partial charge in [-0.1, -0.05) is 48.5 Å². The minimum absolute atomic E-state index is 0.0921. The molecule has 6 nitrogen and oxygen atoms in total. The van der Waals surface area contributed by atoms with Crippen LogP contribution in [0.15, 0.2) is 71.6 Å². The van der Waals surface area contributed by atoms with Crippen molar-refractivity contribution in [3.05, 3.63) is 66.7 Å². The fraction of sp³-hybridized carbons (Fsp3) is 0.190. The van der Waals surface area contributed by atoms with Crippen LogP contribution >= 0.6 is 0 Å². The molecule has 1 saturated heterocycles. The third-order valence-corrected chi connectivity index (χ3v) is 7.01. The van der Waals surface area contributed by atoms with Crippen LogP contribution in [0.1, 0.15) is 6.42 Å². The number of rotatable bonds is 3. The molecule has 3 aromatic carbocycles. The van der Waals surface area contributed by atoms with Crippen LogP contribution in [0.3, 0.4) is 0 Å². The zero-order chi connectivity index (χ0) is 19.3. The summed E-state index contributed by atoms with van der Waals surface area (Å²) in [7, 11) is -3.72. The molecule has 3 aromatic rings. The molecule has 2 unspecified atom stereocenters. The van der Waals surface area contributed by atoms with E-state index in [4.69, 9.17) is 0 Å². The average Bonchev–Trinajstić information content (AvgIpc) is 3.11. The lowest BCUT2D eigenvalue weighted by molar-refractivity contribution is -0.117. The molecule has 2 N–H and O–H groups in total. The maximum absolute atomic E-state index is 13.1. The second kappa shape index (κ2) is 6.32. The maximum Gasteiger partial charge on any atom is 0.247 e. The number of carbonyl (C=O) groups is 1. The number of fused-ring (bicyclic) bond motifs is 4. The highest BCUT2D eigenvalue weighted by atomic mass is 32.2. The summed E-state index contributed by atoms with van der Waals surface area (Å²) in [6.45, 7) is 0.457. The predicted octanol–water partition coefficient (Wildman–Crippen LogP) is 2.72. The number of benzene rings is 3. The Labute approximate surface area is 163 Å². The van der Waals surface area contributed by atoms with Crippen molar-refractivity contribution < 1.29 is 13.2 Å². The molecule has 0 bridgehead atoms. The Hall–Kier alpha value is -2.90. The molecule has 2 heterocycles. The average molecular weight is 393 g/mol. The van der Waals surface area contributed by atoms with Crippen LogP contribution < -0.4 is 14.9 Å². The Balaban J connectivity index is 1.45. The number of para-hydroxylation sites is 2. The Bertz CT molecular complexity index is 1190. The van der Waals surface area contributed by atoms with Crippen LogP contribution in [0.2, 0.25) is 0 Å². The van der Waals surface area contributed by atoms with Gasteiger partial charge in [-0.15, -0.1) is 0 Å². The summed E-state index contributed by atoms with van der Waals surface area (Å²) < 4.78 is 29.0. The lowest BCUT2D eigenvalue weighted by Crippen LogP contribution is -2.44. The minimum Gasteiger partial charge on any atom is -0.356 e. The molecule has 0 radical (unpaired) electrons. The third-order valence-electron chi connectivity index (χ3n) is 5.44. The fourth-order valence-corrected chi connectivity index (χ4v) is 5.66. The molecule has 2 aliphatic heterocycles. The first-order valence-corrected chi connectivity index (χ1v) is 10.7. The number of amides is 1. The first kappa shape index (κ1) is 17.2. The molecule has 5 rings (SSSR count). The topological polar surface area (TPSA) is 78.5 Å². The quantitative estimate of drug-likeness (QED) is 0.717. The van der Waals surface area contributed by atoms with Crippen LogP contribution in [0.4, 0.5) is 11.4 Å². The van der Waals surface area contributed by atoms with E-state index in [0.717, 1.165) is 16.8 Å². The largest absolute Gasteiger partial charge is 0.356 e. The van der Waals surface area contributed by atoms with E-state index < -0.39 is 10.0 Å². The van der Waals surface area contributed by atoms with Gasteiger partial charge in [0, 0.05) is 18.0 Å². The molecule has 1 fully saturated rings. The van der Waals surface area contributed by atoms with Gasteiger partial charge in [-0.05, 0) is 30.0 Å². The molecular formula is C21H19N3O3S. The van der Waals surface area contributed by atoms with Gasteiger partial charge in [0.15, 0.2) is 0 Å². The van der Waals surface area contributed by atoms with Crippen LogP contribution in [-0.4, -0.2) is 33.0 Å². The van der Waals surface area contributed by atoms with E-state index in [0.29, 0.717) is 18.4 Å². The monoisotopic (exact) mass is 393 g/mol. The Kier molecular flexibility index (Phi) is 3.89. The number of hydrogen-bond donors (Lipinski definition) is 2. The summed E-state index contributed by atoms with van der Waals surface area (Å²) in [6.07, 6.45) is 0.435. The first-order valence-electron chi connectivity index (χ1n) is 9.19. The molecule has 2 atom stereocenters. The van der Waals surface area contributed by atoms with Gasteiger partial charge in [0.05, 0.1) is 16.3 Å². The van der Waals surface area contributed by atoms with Gasteiger partial charge in [-0.2, -0.15) is 0 Å². The summed E-state index contributed by atoms with van der Waals surface area (Å²) in [5.74, 6) is -0.0921. The highest BCUT2D eigenvalue weighted by molar-refractivity contribution is 7.89. The fourth-order valence-electron chi connectivity index (χ4n) is 4.19. The van der Waals surface area contributed by atoms with Crippen molar-refractivity contribution in [2.45, 2.75) is 23.4 Å². The Morgan fingerprint density at radius 1 is 0.964 bits per heavy atom. The molecule has 0 saturated carbocycles. The van der Waals surface area contributed by atoms with Crippen molar-refractivity contribution in [3.63, 3.8) is 0 Å². The molecule has 2 aliphatic rings. The van der Waals surface area contributed by atoms with Crippen molar-refractivity contribution in [2.24, 2.45) is 0 Å². The molecular weight excluding hydrogens is 374 g/mol. The molecule has 7 heteroatoms. The van der Waals surface area contributed by atoms with Crippen molar-refractivity contribution in [2.75, 3.05) is 16.8 Å². The molecule has 28 heavy (non-hydrogen) atoms. The predicted molar refractivity (Wildman–Crippen MR) is 109 cm³/mol. The number of nitrogens with one attached hydrogen (secondary N) is 2. The molecule has 0 aliphatic carbocycles. The number of hydrogen-bond acceptors (Lipinski definition) is 4. The van der Waals surface area contributed by atoms with E-state index in [1.54, 1.807) is 12.1 Å². The highest BCUT2D eigenvalue weighted by Crippen LogP contribution is 2.36. The van der Waals surface area contributed by atoms with E-state index in [9.17, 15) is 13.2 Å². The van der Waals surface area contributed by atoms with E-state index in [1.807, 2.05) is 59.5 Å². The van der Waals surface area contributed by atoms with Crippen LogP contribution in [0.25, 0.3) is 10.8 Å². The lowest BCUT2D eigenvalue weighted by atomic mass is 10.1. The number of sulfonamides is 1. The van der Waals surface area contributed by atoms with Gasteiger partial charge in [0.2, 0.25) is 15.9 Å². The van der Waals surface area contributed by atoms with E-state index >= 15 is 0 Å². The van der Waals surface area contributed by atoms with E-state index in [1.165, 1.54) is 0 Å². The molecule has 142 valence electrons. The van der Waals surface area contributed by atoms with Gasteiger partial charge in [-0.25, -0.2) is 13.1 Å². The summed E-state index contributed by atoms with van der Waals surface area (Å²) in [4.78, 5) is 14.7. The maximum atomic E-state index is 13.1. The van der Waals surface area contributed by atoms with E-state index in [2.05, 4.69) is 10.0 Å². The number of nitrogens with zero attached hydrogens (tertiary/aromatic N) is 1. The van der Waals surface area contributed by atoms with Crippen LogP contribution in [0.5, 0.6) is 0 Å².